The van der Waals surface area contributed by atoms with Gasteiger partial charge >= 0.3 is 5.97 Å². The van der Waals surface area contributed by atoms with E-state index in [-0.39, 0.29) is 11.9 Å². The highest BCUT2D eigenvalue weighted by atomic mass is 16.6. The molecule has 29 heavy (non-hydrogen) atoms. The van der Waals surface area contributed by atoms with Gasteiger partial charge in [-0.3, -0.25) is 14.5 Å². The number of benzene rings is 4. The van der Waals surface area contributed by atoms with E-state index in [1.807, 2.05) is 54.6 Å². The molecule has 0 spiro atoms. The molecule has 0 saturated carbocycles. The molecule has 0 N–H and O–H groups in total. The second-order valence-electron chi connectivity index (χ2n) is 7.25. The predicted octanol–water partition coefficient (Wildman–Crippen LogP) is 5.01. The van der Waals surface area contributed by atoms with Gasteiger partial charge in [0.15, 0.2) is 0 Å². The molecule has 0 bridgehead atoms. The van der Waals surface area contributed by atoms with Gasteiger partial charge in [0.05, 0.1) is 0 Å². The summed E-state index contributed by atoms with van der Waals surface area (Å²) in [5, 5.41) is 4.43. The zero-order valence-electron chi connectivity index (χ0n) is 15.9. The van der Waals surface area contributed by atoms with Gasteiger partial charge in [0.25, 0.3) is 5.91 Å². The summed E-state index contributed by atoms with van der Waals surface area (Å²) < 4.78 is 5.45. The van der Waals surface area contributed by atoms with Crippen molar-refractivity contribution in [2.45, 2.75) is 19.1 Å². The lowest BCUT2D eigenvalue weighted by Gasteiger charge is -2.46. The van der Waals surface area contributed by atoms with Crippen molar-refractivity contribution in [3.8, 4) is 0 Å². The maximum absolute atomic E-state index is 12.9. The van der Waals surface area contributed by atoms with E-state index < -0.39 is 12.1 Å². The molecule has 1 aliphatic rings. The summed E-state index contributed by atoms with van der Waals surface area (Å²) in [5.41, 5.74) is 1.78. The number of amides is 1. The average molecular weight is 381 g/mol. The molecule has 4 aromatic rings. The minimum atomic E-state index is -0.822. The summed E-state index contributed by atoms with van der Waals surface area (Å²) in [6.45, 7) is 1.34. The zero-order valence-corrected chi connectivity index (χ0v) is 15.9. The Bertz CT molecular complexity index is 1250. The van der Waals surface area contributed by atoms with E-state index in [9.17, 15) is 9.59 Å². The van der Waals surface area contributed by atoms with Gasteiger partial charge < -0.3 is 4.74 Å². The molecule has 0 aliphatic carbocycles. The summed E-state index contributed by atoms with van der Waals surface area (Å²) >= 11 is 0. The molecule has 5 rings (SSSR count). The van der Waals surface area contributed by atoms with Crippen molar-refractivity contribution in [3.63, 3.8) is 0 Å². The Hall–Kier alpha value is -3.66. The Kier molecular flexibility index (Phi) is 4.06. The van der Waals surface area contributed by atoms with Crippen LogP contribution in [-0.2, 0) is 14.3 Å². The number of esters is 1. The van der Waals surface area contributed by atoms with E-state index in [1.54, 1.807) is 4.90 Å². The van der Waals surface area contributed by atoms with Gasteiger partial charge in [-0.15, -0.1) is 0 Å². The molecular formula is C25H19NO3. The van der Waals surface area contributed by atoms with Crippen molar-refractivity contribution in [1.29, 1.82) is 0 Å². The van der Waals surface area contributed by atoms with Gasteiger partial charge in [0.1, 0.15) is 6.04 Å². The van der Waals surface area contributed by atoms with E-state index >= 15 is 0 Å². The van der Waals surface area contributed by atoms with E-state index in [1.165, 1.54) is 6.92 Å². The molecule has 1 heterocycles. The van der Waals surface area contributed by atoms with E-state index in [0.29, 0.717) is 0 Å². The minimum absolute atomic E-state index is 0.200. The number of rotatable bonds is 3. The smallest absolute Gasteiger partial charge is 0.303 e. The van der Waals surface area contributed by atoms with Crippen LogP contribution in [0.5, 0.6) is 0 Å². The quantitative estimate of drug-likeness (QED) is 0.285. The number of hydrogen-bond acceptors (Lipinski definition) is 3. The molecule has 0 unspecified atom stereocenters. The van der Waals surface area contributed by atoms with Crippen molar-refractivity contribution >= 4 is 39.1 Å². The van der Waals surface area contributed by atoms with Gasteiger partial charge in [-0.25, -0.2) is 0 Å². The first-order valence-electron chi connectivity index (χ1n) is 9.61. The second-order valence-corrected chi connectivity index (χ2v) is 7.25. The van der Waals surface area contributed by atoms with Gasteiger partial charge in [0, 0.05) is 12.6 Å². The highest BCUT2D eigenvalue weighted by molar-refractivity contribution is 6.12. The van der Waals surface area contributed by atoms with Crippen molar-refractivity contribution in [2.75, 3.05) is 4.90 Å². The van der Waals surface area contributed by atoms with Gasteiger partial charge in [-0.1, -0.05) is 66.7 Å². The third-order valence-corrected chi connectivity index (χ3v) is 5.49. The Balaban J connectivity index is 1.75. The maximum Gasteiger partial charge on any atom is 0.303 e. The molecule has 142 valence electrons. The molecule has 2 atom stereocenters. The molecule has 1 saturated heterocycles. The van der Waals surface area contributed by atoms with Crippen molar-refractivity contribution in [1.82, 2.24) is 0 Å². The minimum Gasteiger partial charge on any atom is -0.450 e. The van der Waals surface area contributed by atoms with Crippen molar-refractivity contribution in [3.05, 3.63) is 90.5 Å². The van der Waals surface area contributed by atoms with E-state index in [0.717, 1.165) is 32.8 Å². The topological polar surface area (TPSA) is 46.6 Å². The van der Waals surface area contributed by atoms with Gasteiger partial charge in [-0.05, 0) is 45.3 Å². The highest BCUT2D eigenvalue weighted by Crippen LogP contribution is 2.44. The summed E-state index contributed by atoms with van der Waals surface area (Å²) in [5.74, 6) is -0.653. The van der Waals surface area contributed by atoms with E-state index in [4.69, 9.17) is 4.74 Å². The number of anilines is 1. The molecule has 1 fully saturated rings. The Morgan fingerprint density at radius 1 is 0.828 bits per heavy atom. The molecular weight excluding hydrogens is 362 g/mol. The van der Waals surface area contributed by atoms with Gasteiger partial charge in [-0.2, -0.15) is 0 Å². The average Bonchev–Trinajstić information content (AvgIpc) is 2.75. The first kappa shape index (κ1) is 17.4. The van der Waals surface area contributed by atoms with Crippen molar-refractivity contribution in [2.24, 2.45) is 0 Å². The van der Waals surface area contributed by atoms with Crippen molar-refractivity contribution < 1.29 is 14.3 Å². The fourth-order valence-corrected chi connectivity index (χ4v) is 4.26. The molecule has 4 nitrogen and oxygen atoms in total. The van der Waals surface area contributed by atoms with Crippen LogP contribution in [-0.4, -0.2) is 18.0 Å². The lowest BCUT2D eigenvalue weighted by molar-refractivity contribution is -0.160. The Morgan fingerprint density at radius 3 is 2.17 bits per heavy atom. The molecule has 4 heteroatoms. The van der Waals surface area contributed by atoms with Crippen LogP contribution in [0.3, 0.4) is 0 Å². The third kappa shape index (κ3) is 2.76. The van der Waals surface area contributed by atoms with Crippen LogP contribution in [0.2, 0.25) is 0 Å². The molecule has 1 amide bonds. The lowest BCUT2D eigenvalue weighted by atomic mass is 9.85. The molecule has 1 aliphatic heterocycles. The first-order chi connectivity index (χ1) is 14.1. The fourth-order valence-electron chi connectivity index (χ4n) is 4.26. The maximum atomic E-state index is 12.9. The van der Waals surface area contributed by atoms with E-state index in [2.05, 4.69) is 30.3 Å². The Morgan fingerprint density at radius 2 is 1.45 bits per heavy atom. The zero-order chi connectivity index (χ0) is 20.0. The summed E-state index contributed by atoms with van der Waals surface area (Å²) in [6.07, 6.45) is -0.822. The highest BCUT2D eigenvalue weighted by Gasteiger charge is 2.52. The van der Waals surface area contributed by atoms with Crippen LogP contribution >= 0.6 is 0 Å². The molecule has 0 aromatic heterocycles. The van der Waals surface area contributed by atoms with Gasteiger partial charge in [0.2, 0.25) is 6.10 Å². The monoisotopic (exact) mass is 381 g/mol. The number of hydrogen-bond donors (Lipinski definition) is 0. The summed E-state index contributed by atoms with van der Waals surface area (Å²) in [6, 6.07) is 27.6. The van der Waals surface area contributed by atoms with Crippen LogP contribution in [0.4, 0.5) is 5.69 Å². The SMILES string of the molecule is CC(=O)O[C@@H]1C(=O)N(c2ccccc2)[C@@H]1c1cc2ccccc2c2ccccc12. The number of ether oxygens (including phenoxy) is 1. The van der Waals surface area contributed by atoms with Crippen LogP contribution in [0.15, 0.2) is 84.9 Å². The second kappa shape index (κ2) is 6.74. The third-order valence-electron chi connectivity index (χ3n) is 5.49. The number of β-lactam (4-membered cyclic amide) rings is 1. The first-order valence-corrected chi connectivity index (χ1v) is 9.61. The largest absolute Gasteiger partial charge is 0.450 e. The van der Waals surface area contributed by atoms with Crippen LogP contribution < -0.4 is 4.90 Å². The normalized spacial score (nSPS) is 18.7. The molecule has 0 radical (unpaired) electrons. The Labute approximate surface area is 168 Å². The predicted molar refractivity (Wildman–Crippen MR) is 114 cm³/mol. The number of fused-ring (bicyclic) bond motifs is 3. The summed E-state index contributed by atoms with van der Waals surface area (Å²) in [7, 11) is 0. The number of para-hydroxylation sites is 1. The van der Waals surface area contributed by atoms with Crippen LogP contribution in [0, 0.1) is 0 Å². The standard InChI is InChI=1S/C25H19NO3/c1-16(27)29-24-23(26(25(24)28)18-10-3-2-4-11-18)22-15-17-9-5-6-12-19(17)20-13-7-8-14-21(20)22/h2-15,23-24H,1H3/t23-,24+/m1/s1. The number of carbonyl (C=O) groups is 2. The van der Waals surface area contributed by atoms with Crippen LogP contribution in [0.25, 0.3) is 21.5 Å². The number of carbonyl (C=O) groups excluding carboxylic acids is 2. The number of nitrogens with zero attached hydrogens (tertiary/aromatic N) is 1. The molecule has 4 aromatic carbocycles. The fraction of sp³-hybridized carbons (Fsp3) is 0.120. The van der Waals surface area contributed by atoms with Crippen LogP contribution in [0.1, 0.15) is 18.5 Å². The summed E-state index contributed by atoms with van der Waals surface area (Å²) in [4.78, 5) is 26.4. The lowest BCUT2D eigenvalue weighted by Crippen LogP contribution is -2.60.